The van der Waals surface area contributed by atoms with E-state index in [-0.39, 0.29) is 6.42 Å². The van der Waals surface area contributed by atoms with E-state index >= 15 is 0 Å². The number of benzene rings is 1. The van der Waals surface area contributed by atoms with Gasteiger partial charge in [0.1, 0.15) is 5.60 Å². The lowest BCUT2D eigenvalue weighted by atomic mass is 9.95. The molecular formula is C15H20O4. The molecule has 0 saturated heterocycles. The molecule has 0 aromatic heterocycles. The zero-order valence-electron chi connectivity index (χ0n) is 11.8. The fourth-order valence-corrected chi connectivity index (χ4v) is 1.68. The van der Waals surface area contributed by atoms with Gasteiger partial charge in [0.05, 0.1) is 12.3 Å². The predicted molar refractivity (Wildman–Crippen MR) is 72.0 cm³/mol. The maximum Gasteiger partial charge on any atom is 0.314 e. The highest BCUT2D eigenvalue weighted by atomic mass is 16.6. The van der Waals surface area contributed by atoms with E-state index < -0.39 is 23.5 Å². The number of aliphatic carboxylic acids is 1. The summed E-state index contributed by atoms with van der Waals surface area (Å²) in [4.78, 5) is 23.0. The molecule has 0 saturated carbocycles. The molecule has 1 N–H and O–H groups in total. The summed E-state index contributed by atoms with van der Waals surface area (Å²) < 4.78 is 5.28. The maximum atomic E-state index is 12.1. The van der Waals surface area contributed by atoms with Gasteiger partial charge in [-0.15, -0.1) is 0 Å². The average Bonchev–Trinajstić information content (AvgIpc) is 2.24. The molecule has 0 amide bonds. The van der Waals surface area contributed by atoms with Gasteiger partial charge in [0, 0.05) is 0 Å². The Morgan fingerprint density at radius 2 is 1.74 bits per heavy atom. The van der Waals surface area contributed by atoms with Crippen molar-refractivity contribution in [3.63, 3.8) is 0 Å². The minimum Gasteiger partial charge on any atom is -0.481 e. The molecule has 0 spiro atoms. The van der Waals surface area contributed by atoms with Crippen LogP contribution in [0.1, 0.15) is 44.2 Å². The molecule has 1 rings (SSSR count). The van der Waals surface area contributed by atoms with Gasteiger partial charge in [-0.05, 0) is 33.3 Å². The quantitative estimate of drug-likeness (QED) is 0.849. The molecule has 0 aliphatic heterocycles. The number of hydrogen-bond donors (Lipinski definition) is 1. The third-order valence-corrected chi connectivity index (χ3v) is 2.55. The summed E-state index contributed by atoms with van der Waals surface area (Å²) in [7, 11) is 0. The van der Waals surface area contributed by atoms with E-state index in [0.29, 0.717) is 5.56 Å². The predicted octanol–water partition coefficient (Wildman–Crippen LogP) is 2.90. The molecule has 0 aliphatic rings. The highest BCUT2D eigenvalue weighted by Gasteiger charge is 2.28. The number of ether oxygens (including phenoxy) is 1. The number of carboxylic acids is 1. The molecule has 1 aromatic rings. The van der Waals surface area contributed by atoms with Crippen LogP contribution >= 0.6 is 0 Å². The Hall–Kier alpha value is -1.84. The van der Waals surface area contributed by atoms with Gasteiger partial charge in [0.15, 0.2) is 0 Å². The number of rotatable bonds is 4. The average molecular weight is 264 g/mol. The first-order valence-corrected chi connectivity index (χ1v) is 6.20. The second-order valence-electron chi connectivity index (χ2n) is 5.59. The highest BCUT2D eigenvalue weighted by molar-refractivity contribution is 5.84. The van der Waals surface area contributed by atoms with Gasteiger partial charge in [-0.1, -0.05) is 29.8 Å². The fourth-order valence-electron chi connectivity index (χ4n) is 1.68. The Kier molecular flexibility index (Phi) is 4.70. The first kappa shape index (κ1) is 15.2. The van der Waals surface area contributed by atoms with Crippen molar-refractivity contribution in [2.75, 3.05) is 0 Å². The summed E-state index contributed by atoms with van der Waals surface area (Å²) >= 11 is 0. The normalized spacial score (nSPS) is 12.8. The number of esters is 1. The number of carbonyl (C=O) groups excluding carboxylic acids is 1. The lowest BCUT2D eigenvalue weighted by Crippen LogP contribution is -2.28. The van der Waals surface area contributed by atoms with E-state index in [4.69, 9.17) is 9.84 Å². The minimum atomic E-state index is -1.02. The third kappa shape index (κ3) is 5.12. The molecular weight excluding hydrogens is 244 g/mol. The summed E-state index contributed by atoms with van der Waals surface area (Å²) in [6.07, 6.45) is -0.266. The van der Waals surface area contributed by atoms with Crippen molar-refractivity contribution in [2.45, 2.75) is 45.6 Å². The molecule has 1 aromatic carbocycles. The number of carboxylic acid groups (broad SMARTS) is 1. The molecule has 1 atom stereocenters. The Bertz CT molecular complexity index is 454. The van der Waals surface area contributed by atoms with Crippen molar-refractivity contribution in [1.82, 2.24) is 0 Å². The van der Waals surface area contributed by atoms with Gasteiger partial charge in [-0.3, -0.25) is 9.59 Å². The van der Waals surface area contributed by atoms with Crippen LogP contribution in [0.2, 0.25) is 0 Å². The van der Waals surface area contributed by atoms with Crippen molar-refractivity contribution >= 4 is 11.9 Å². The van der Waals surface area contributed by atoms with Crippen LogP contribution in [0.15, 0.2) is 24.3 Å². The second kappa shape index (κ2) is 5.87. The zero-order valence-corrected chi connectivity index (χ0v) is 11.8. The first-order chi connectivity index (χ1) is 8.69. The lowest BCUT2D eigenvalue weighted by molar-refractivity contribution is -0.159. The smallest absolute Gasteiger partial charge is 0.314 e. The van der Waals surface area contributed by atoms with E-state index in [1.165, 1.54) is 0 Å². The minimum absolute atomic E-state index is 0.266. The third-order valence-electron chi connectivity index (χ3n) is 2.55. The van der Waals surface area contributed by atoms with Gasteiger partial charge in [0.25, 0.3) is 0 Å². The summed E-state index contributed by atoms with van der Waals surface area (Å²) in [6, 6.07) is 7.25. The van der Waals surface area contributed by atoms with Crippen LogP contribution in [-0.2, 0) is 14.3 Å². The van der Waals surface area contributed by atoms with E-state index in [1.807, 2.05) is 19.1 Å². The van der Waals surface area contributed by atoms with Crippen molar-refractivity contribution < 1.29 is 19.4 Å². The molecule has 0 radical (unpaired) electrons. The Morgan fingerprint density at radius 1 is 1.21 bits per heavy atom. The number of aryl methyl sites for hydroxylation is 1. The van der Waals surface area contributed by atoms with Gasteiger partial charge in [0.2, 0.25) is 0 Å². The van der Waals surface area contributed by atoms with Gasteiger partial charge >= 0.3 is 11.9 Å². The van der Waals surface area contributed by atoms with Crippen LogP contribution in [0.25, 0.3) is 0 Å². The molecule has 0 heterocycles. The van der Waals surface area contributed by atoms with Crippen LogP contribution in [0.3, 0.4) is 0 Å². The van der Waals surface area contributed by atoms with Crippen LogP contribution in [0.5, 0.6) is 0 Å². The maximum absolute atomic E-state index is 12.1. The van der Waals surface area contributed by atoms with Crippen LogP contribution < -0.4 is 0 Å². The van der Waals surface area contributed by atoms with Crippen molar-refractivity contribution in [3.8, 4) is 0 Å². The Morgan fingerprint density at radius 3 is 2.16 bits per heavy atom. The molecule has 0 unspecified atom stereocenters. The molecule has 4 heteroatoms. The molecule has 104 valence electrons. The SMILES string of the molecule is Cc1ccc([C@@H](CC(=O)O)C(=O)OC(C)(C)C)cc1. The van der Waals surface area contributed by atoms with Crippen molar-refractivity contribution in [3.05, 3.63) is 35.4 Å². The number of hydrogen-bond acceptors (Lipinski definition) is 3. The largest absolute Gasteiger partial charge is 0.481 e. The summed E-state index contributed by atoms with van der Waals surface area (Å²) in [5.74, 6) is -2.28. The highest BCUT2D eigenvalue weighted by Crippen LogP contribution is 2.24. The number of carbonyl (C=O) groups is 2. The van der Waals surface area contributed by atoms with E-state index in [2.05, 4.69) is 0 Å². The van der Waals surface area contributed by atoms with E-state index in [0.717, 1.165) is 5.56 Å². The molecule has 0 aliphatic carbocycles. The molecule has 0 bridgehead atoms. The second-order valence-corrected chi connectivity index (χ2v) is 5.59. The zero-order chi connectivity index (χ0) is 14.6. The van der Waals surface area contributed by atoms with Gasteiger partial charge < -0.3 is 9.84 Å². The topological polar surface area (TPSA) is 63.6 Å². The molecule has 19 heavy (non-hydrogen) atoms. The Labute approximate surface area is 113 Å². The summed E-state index contributed by atoms with van der Waals surface area (Å²) in [5, 5.41) is 8.94. The monoisotopic (exact) mass is 264 g/mol. The Balaban J connectivity index is 2.97. The van der Waals surface area contributed by atoms with Crippen LogP contribution in [0.4, 0.5) is 0 Å². The fraction of sp³-hybridized carbons (Fsp3) is 0.467. The van der Waals surface area contributed by atoms with E-state index in [9.17, 15) is 9.59 Å². The first-order valence-electron chi connectivity index (χ1n) is 6.20. The summed E-state index contributed by atoms with van der Waals surface area (Å²) in [5.41, 5.74) is 1.10. The van der Waals surface area contributed by atoms with Crippen molar-refractivity contribution in [2.24, 2.45) is 0 Å². The van der Waals surface area contributed by atoms with Gasteiger partial charge in [-0.2, -0.15) is 0 Å². The van der Waals surface area contributed by atoms with Gasteiger partial charge in [-0.25, -0.2) is 0 Å². The lowest BCUT2D eigenvalue weighted by Gasteiger charge is -2.23. The molecule has 4 nitrogen and oxygen atoms in total. The van der Waals surface area contributed by atoms with Crippen LogP contribution in [0, 0.1) is 6.92 Å². The molecule has 0 fully saturated rings. The summed E-state index contributed by atoms with van der Waals surface area (Å²) in [6.45, 7) is 7.22. The standard InChI is InChI=1S/C15H20O4/c1-10-5-7-11(8-6-10)12(9-13(16)17)14(18)19-15(2,3)4/h5-8,12H,9H2,1-4H3,(H,16,17)/t12-/m1/s1. The van der Waals surface area contributed by atoms with Crippen molar-refractivity contribution in [1.29, 1.82) is 0 Å². The van der Waals surface area contributed by atoms with Crippen LogP contribution in [-0.4, -0.2) is 22.6 Å². The van der Waals surface area contributed by atoms with E-state index in [1.54, 1.807) is 32.9 Å².